The van der Waals surface area contributed by atoms with E-state index in [0.29, 0.717) is 12.8 Å². The molecule has 0 aromatic carbocycles. The van der Waals surface area contributed by atoms with Crippen LogP contribution in [0.5, 0.6) is 0 Å². The second kappa shape index (κ2) is 6.54. The van der Waals surface area contributed by atoms with Crippen LogP contribution in [0.2, 0.25) is 0 Å². The van der Waals surface area contributed by atoms with Gasteiger partial charge in [0.2, 0.25) is 5.91 Å². The van der Waals surface area contributed by atoms with Gasteiger partial charge < -0.3 is 15.2 Å². The van der Waals surface area contributed by atoms with Gasteiger partial charge in [0, 0.05) is 0 Å². The quantitative estimate of drug-likeness (QED) is 0.721. The first-order chi connectivity index (χ1) is 8.90. The van der Waals surface area contributed by atoms with Gasteiger partial charge in [0.05, 0.1) is 18.9 Å². The van der Waals surface area contributed by atoms with Crippen LogP contribution in [0, 0.1) is 17.8 Å². The molecule has 108 valence electrons. The summed E-state index contributed by atoms with van der Waals surface area (Å²) in [6.45, 7) is 3.51. The molecule has 6 heteroatoms. The van der Waals surface area contributed by atoms with Gasteiger partial charge in [-0.05, 0) is 25.7 Å². The summed E-state index contributed by atoms with van der Waals surface area (Å²) < 4.78 is 4.52. The molecule has 3 unspecified atom stereocenters. The van der Waals surface area contributed by atoms with Gasteiger partial charge in [-0.3, -0.25) is 9.59 Å². The number of carboxylic acid groups (broad SMARTS) is 1. The molecule has 4 atom stereocenters. The fraction of sp³-hybridized carbons (Fsp3) is 0.769. The fourth-order valence-corrected chi connectivity index (χ4v) is 2.60. The van der Waals surface area contributed by atoms with Gasteiger partial charge in [-0.15, -0.1) is 0 Å². The lowest BCUT2D eigenvalue weighted by atomic mass is 9.95. The summed E-state index contributed by atoms with van der Waals surface area (Å²) in [5, 5.41) is 11.7. The van der Waals surface area contributed by atoms with E-state index in [-0.39, 0.29) is 11.8 Å². The molecule has 1 fully saturated rings. The minimum absolute atomic E-state index is 0.255. The lowest BCUT2D eigenvalue weighted by Gasteiger charge is -2.18. The lowest BCUT2D eigenvalue weighted by molar-refractivity contribution is -0.147. The standard InChI is InChI=1S/C13H21NO5/c1-4-8-5-9(10(6-8)12(16)17)11(15)14-7(2)13(18)19-3/h7-10H,4-6H2,1-3H3,(H,14,15)(H,16,17)/t7-,8?,9?,10?/m0/s1. The van der Waals surface area contributed by atoms with E-state index in [0.717, 1.165) is 6.42 Å². The Balaban J connectivity index is 2.69. The molecule has 19 heavy (non-hydrogen) atoms. The molecule has 0 heterocycles. The average Bonchev–Trinajstić information content (AvgIpc) is 2.81. The van der Waals surface area contributed by atoms with Crippen molar-refractivity contribution < 1.29 is 24.2 Å². The van der Waals surface area contributed by atoms with E-state index in [1.165, 1.54) is 14.0 Å². The van der Waals surface area contributed by atoms with Crippen molar-refractivity contribution in [3.63, 3.8) is 0 Å². The number of carboxylic acids is 1. The number of hydrogen-bond acceptors (Lipinski definition) is 4. The monoisotopic (exact) mass is 271 g/mol. The largest absolute Gasteiger partial charge is 0.481 e. The first kappa shape index (κ1) is 15.5. The Labute approximate surface area is 112 Å². The van der Waals surface area contributed by atoms with Gasteiger partial charge in [-0.2, -0.15) is 0 Å². The van der Waals surface area contributed by atoms with Crippen molar-refractivity contribution in [2.45, 2.75) is 39.2 Å². The third-order valence-electron chi connectivity index (χ3n) is 3.81. The molecular formula is C13H21NO5. The lowest BCUT2D eigenvalue weighted by Crippen LogP contribution is -2.44. The van der Waals surface area contributed by atoms with E-state index in [9.17, 15) is 14.4 Å². The zero-order chi connectivity index (χ0) is 14.6. The molecule has 1 aliphatic carbocycles. The summed E-state index contributed by atoms with van der Waals surface area (Å²) in [5.41, 5.74) is 0. The molecule has 0 aromatic rings. The number of carbonyl (C=O) groups excluding carboxylic acids is 2. The van der Waals surface area contributed by atoms with E-state index in [1.54, 1.807) is 0 Å². The number of ether oxygens (including phenoxy) is 1. The molecular weight excluding hydrogens is 250 g/mol. The number of nitrogens with one attached hydrogen (secondary N) is 1. The van der Waals surface area contributed by atoms with Crippen LogP contribution in [0.1, 0.15) is 33.1 Å². The Morgan fingerprint density at radius 1 is 1.32 bits per heavy atom. The zero-order valence-electron chi connectivity index (χ0n) is 11.5. The van der Waals surface area contributed by atoms with Crippen molar-refractivity contribution in [3.8, 4) is 0 Å². The van der Waals surface area contributed by atoms with Crippen LogP contribution >= 0.6 is 0 Å². The normalized spacial score (nSPS) is 27.6. The fourth-order valence-electron chi connectivity index (χ4n) is 2.60. The van der Waals surface area contributed by atoms with E-state index in [1.807, 2.05) is 6.92 Å². The minimum atomic E-state index is -0.943. The van der Waals surface area contributed by atoms with Gasteiger partial charge in [-0.1, -0.05) is 13.3 Å². The summed E-state index contributed by atoms with van der Waals surface area (Å²) in [4.78, 5) is 34.5. The highest BCUT2D eigenvalue weighted by Crippen LogP contribution is 2.38. The van der Waals surface area contributed by atoms with Crippen LogP contribution in [-0.2, 0) is 19.1 Å². The summed E-state index contributed by atoms with van der Waals surface area (Å²) >= 11 is 0. The van der Waals surface area contributed by atoms with Crippen LogP contribution in [-0.4, -0.2) is 36.1 Å². The zero-order valence-corrected chi connectivity index (χ0v) is 11.5. The Hall–Kier alpha value is -1.59. The Bertz CT molecular complexity index is 368. The number of esters is 1. The van der Waals surface area contributed by atoms with Gasteiger partial charge in [0.1, 0.15) is 6.04 Å². The SMILES string of the molecule is CCC1CC(C(=O)O)C(C(=O)N[C@@H](C)C(=O)OC)C1. The number of methoxy groups -OCH3 is 1. The van der Waals surface area contributed by atoms with Crippen molar-refractivity contribution in [1.29, 1.82) is 0 Å². The van der Waals surface area contributed by atoms with E-state index < -0.39 is 29.8 Å². The van der Waals surface area contributed by atoms with Crippen molar-refractivity contribution in [3.05, 3.63) is 0 Å². The molecule has 0 radical (unpaired) electrons. The Morgan fingerprint density at radius 3 is 2.37 bits per heavy atom. The van der Waals surface area contributed by atoms with Gasteiger partial charge in [-0.25, -0.2) is 4.79 Å². The van der Waals surface area contributed by atoms with E-state index >= 15 is 0 Å². The maximum Gasteiger partial charge on any atom is 0.328 e. The van der Waals surface area contributed by atoms with Crippen LogP contribution in [0.4, 0.5) is 0 Å². The minimum Gasteiger partial charge on any atom is -0.481 e. The number of carbonyl (C=O) groups is 3. The van der Waals surface area contributed by atoms with Crippen molar-refractivity contribution in [2.24, 2.45) is 17.8 Å². The van der Waals surface area contributed by atoms with Crippen molar-refractivity contribution in [1.82, 2.24) is 5.32 Å². The molecule has 1 aliphatic rings. The maximum atomic E-state index is 12.1. The highest BCUT2D eigenvalue weighted by atomic mass is 16.5. The smallest absolute Gasteiger partial charge is 0.328 e. The third kappa shape index (κ3) is 3.68. The summed E-state index contributed by atoms with van der Waals surface area (Å²) in [7, 11) is 1.24. The Kier molecular flexibility index (Phi) is 5.32. The summed E-state index contributed by atoms with van der Waals surface area (Å²) in [6, 6.07) is -0.757. The molecule has 0 aliphatic heterocycles. The second-order valence-electron chi connectivity index (χ2n) is 5.05. The molecule has 0 aromatic heterocycles. The van der Waals surface area contributed by atoms with Crippen LogP contribution in [0.25, 0.3) is 0 Å². The second-order valence-corrected chi connectivity index (χ2v) is 5.05. The molecule has 1 saturated carbocycles. The van der Waals surface area contributed by atoms with Crippen molar-refractivity contribution >= 4 is 17.8 Å². The summed E-state index contributed by atoms with van der Waals surface area (Å²) in [5.74, 6) is -2.82. The van der Waals surface area contributed by atoms with E-state index in [4.69, 9.17) is 5.11 Å². The average molecular weight is 271 g/mol. The van der Waals surface area contributed by atoms with Crippen LogP contribution < -0.4 is 5.32 Å². The van der Waals surface area contributed by atoms with Crippen molar-refractivity contribution in [2.75, 3.05) is 7.11 Å². The molecule has 1 amide bonds. The topological polar surface area (TPSA) is 92.7 Å². The van der Waals surface area contributed by atoms with Crippen LogP contribution in [0.3, 0.4) is 0 Å². The first-order valence-corrected chi connectivity index (χ1v) is 6.51. The van der Waals surface area contributed by atoms with Gasteiger partial charge >= 0.3 is 11.9 Å². The third-order valence-corrected chi connectivity index (χ3v) is 3.81. The molecule has 6 nitrogen and oxygen atoms in total. The highest BCUT2D eigenvalue weighted by molar-refractivity contribution is 5.88. The predicted molar refractivity (Wildman–Crippen MR) is 67.3 cm³/mol. The van der Waals surface area contributed by atoms with Crippen LogP contribution in [0.15, 0.2) is 0 Å². The number of amides is 1. The Morgan fingerprint density at radius 2 is 1.89 bits per heavy atom. The molecule has 2 N–H and O–H groups in total. The number of rotatable bonds is 5. The number of aliphatic carboxylic acids is 1. The maximum absolute atomic E-state index is 12.1. The predicted octanol–water partition coefficient (Wildman–Crippen LogP) is 0.801. The molecule has 0 spiro atoms. The first-order valence-electron chi connectivity index (χ1n) is 6.51. The number of hydrogen-bond donors (Lipinski definition) is 2. The molecule has 0 bridgehead atoms. The summed E-state index contributed by atoms with van der Waals surface area (Å²) in [6.07, 6.45) is 1.95. The molecule has 1 rings (SSSR count). The highest BCUT2D eigenvalue weighted by Gasteiger charge is 2.42. The molecule has 0 saturated heterocycles. The van der Waals surface area contributed by atoms with Gasteiger partial charge in [0.15, 0.2) is 0 Å². The van der Waals surface area contributed by atoms with Gasteiger partial charge in [0.25, 0.3) is 0 Å². The van der Waals surface area contributed by atoms with E-state index in [2.05, 4.69) is 10.1 Å².